The average molecular weight is 100 g/mol. The third-order valence-electron chi connectivity index (χ3n) is 0.727. The molecule has 0 amide bonds. The lowest BCUT2D eigenvalue weighted by molar-refractivity contribution is -0.454. The minimum absolute atomic E-state index is 0.764. The van der Waals surface area contributed by atoms with Gasteiger partial charge in [0.1, 0.15) is 0 Å². The summed E-state index contributed by atoms with van der Waals surface area (Å²) in [4.78, 5) is 11.9. The van der Waals surface area contributed by atoms with E-state index >= 15 is 0 Å². The van der Waals surface area contributed by atoms with Crippen molar-refractivity contribution in [3.63, 3.8) is 0 Å². The Kier molecular flexibility index (Phi) is 4.90. The number of isocyanates is 1. The summed E-state index contributed by atoms with van der Waals surface area (Å²) in [7, 11) is 0. The Labute approximate surface area is 43.3 Å². The van der Waals surface area contributed by atoms with Gasteiger partial charge in [0.25, 0.3) is 0 Å². The Bertz CT molecular complexity index is 74.1. The molecule has 0 aliphatic heterocycles. The van der Waals surface area contributed by atoms with Gasteiger partial charge in [-0.3, -0.25) is 0 Å². The van der Waals surface area contributed by atoms with Crippen LogP contribution in [0.15, 0.2) is 0 Å². The van der Waals surface area contributed by atoms with Gasteiger partial charge in [-0.1, -0.05) is 13.3 Å². The zero-order valence-electron chi connectivity index (χ0n) is 4.53. The molecule has 0 aliphatic rings. The number of rotatable bonds is 3. The highest BCUT2D eigenvalue weighted by Gasteiger charge is 1.80. The first-order chi connectivity index (χ1) is 3.41. The molecule has 0 rings (SSSR count). The van der Waals surface area contributed by atoms with E-state index in [1.54, 1.807) is 6.08 Å². The van der Waals surface area contributed by atoms with E-state index in [0.29, 0.717) is 0 Å². The molecule has 1 N–H and O–H groups in total. The number of unbranched alkanes of at least 4 members (excludes halogenated alkanes) is 1. The normalized spacial score (nSPS) is 7.57. The van der Waals surface area contributed by atoms with Gasteiger partial charge in [-0.25, -0.2) is 0 Å². The summed E-state index contributed by atoms with van der Waals surface area (Å²) >= 11 is 0. The first kappa shape index (κ1) is 6.38. The van der Waals surface area contributed by atoms with Crippen LogP contribution in [0.5, 0.6) is 0 Å². The lowest BCUT2D eigenvalue weighted by Gasteiger charge is -1.76. The van der Waals surface area contributed by atoms with Crippen molar-refractivity contribution in [1.29, 1.82) is 0 Å². The summed E-state index contributed by atoms with van der Waals surface area (Å²) in [5, 5.41) is 0. The molecule has 0 saturated heterocycles. The monoisotopic (exact) mass is 100 g/mol. The van der Waals surface area contributed by atoms with E-state index in [0.717, 1.165) is 19.4 Å². The third-order valence-corrected chi connectivity index (χ3v) is 0.727. The van der Waals surface area contributed by atoms with E-state index in [1.807, 2.05) is 0 Å². The van der Waals surface area contributed by atoms with Crippen LogP contribution in [0.1, 0.15) is 19.8 Å². The standard InChI is InChI=1S/C5H9NO/c1-2-3-4-6-5-7/h2-4H2,1H3/p+1. The van der Waals surface area contributed by atoms with Crippen LogP contribution in [-0.2, 0) is 4.79 Å². The first-order valence-electron chi connectivity index (χ1n) is 2.51. The van der Waals surface area contributed by atoms with Gasteiger partial charge in [0.15, 0.2) is 6.54 Å². The van der Waals surface area contributed by atoms with Gasteiger partial charge < -0.3 is 0 Å². The molecule has 40 valence electrons. The molecule has 0 aliphatic carbocycles. The Morgan fingerprint density at radius 2 is 2.43 bits per heavy atom. The minimum atomic E-state index is 0.764. The molecule has 0 saturated carbocycles. The predicted molar refractivity (Wildman–Crippen MR) is 26.4 cm³/mol. The summed E-state index contributed by atoms with van der Waals surface area (Å²) in [5.41, 5.74) is 0. The Morgan fingerprint density at radius 3 is 2.86 bits per heavy atom. The number of nitrogens with one attached hydrogen (secondary N) is 1. The maximum absolute atomic E-state index is 9.44. The molecule has 0 heterocycles. The lowest BCUT2D eigenvalue weighted by Crippen LogP contribution is -2.67. The second-order valence-corrected chi connectivity index (χ2v) is 1.38. The van der Waals surface area contributed by atoms with Crippen LogP contribution in [0, 0.1) is 0 Å². The highest BCUT2D eigenvalue weighted by atomic mass is 16.1. The van der Waals surface area contributed by atoms with Crippen LogP contribution in [0.4, 0.5) is 0 Å². The van der Waals surface area contributed by atoms with Gasteiger partial charge in [-0.15, -0.1) is 0 Å². The van der Waals surface area contributed by atoms with Crippen LogP contribution in [0.25, 0.3) is 0 Å². The summed E-state index contributed by atoms with van der Waals surface area (Å²) in [6, 6.07) is 0. The molecule has 0 bridgehead atoms. The Hall–Kier alpha value is -0.620. The third kappa shape index (κ3) is 5.38. The van der Waals surface area contributed by atoms with Crippen molar-refractivity contribution in [3.05, 3.63) is 0 Å². The van der Waals surface area contributed by atoms with Crippen molar-refractivity contribution in [2.75, 3.05) is 6.54 Å². The van der Waals surface area contributed by atoms with Gasteiger partial charge in [0, 0.05) is 6.42 Å². The topological polar surface area (TPSA) is 31.0 Å². The van der Waals surface area contributed by atoms with E-state index in [-0.39, 0.29) is 0 Å². The quantitative estimate of drug-likeness (QED) is 0.281. The van der Waals surface area contributed by atoms with Crippen molar-refractivity contribution in [1.82, 2.24) is 0 Å². The van der Waals surface area contributed by atoms with E-state index in [1.165, 1.54) is 0 Å². The molecule has 0 atom stereocenters. The van der Waals surface area contributed by atoms with Crippen molar-refractivity contribution in [3.8, 4) is 0 Å². The fraction of sp³-hybridized carbons (Fsp3) is 0.800. The van der Waals surface area contributed by atoms with Crippen LogP contribution in [0.3, 0.4) is 0 Å². The number of hydrogen-bond acceptors (Lipinski definition) is 1. The van der Waals surface area contributed by atoms with Gasteiger partial charge >= 0.3 is 6.08 Å². The predicted octanol–water partition coefficient (Wildman–Crippen LogP) is -0.797. The highest BCUT2D eigenvalue weighted by Crippen LogP contribution is 1.76. The molecular formula is C5H10NO+. The van der Waals surface area contributed by atoms with Crippen molar-refractivity contribution < 1.29 is 9.79 Å². The largest absolute Gasteiger partial charge is 0.422 e. The molecule has 7 heavy (non-hydrogen) atoms. The minimum Gasteiger partial charge on any atom is -0.166 e. The lowest BCUT2D eigenvalue weighted by atomic mass is 10.3. The molecular weight excluding hydrogens is 90.1 g/mol. The van der Waals surface area contributed by atoms with E-state index in [2.05, 4.69) is 11.9 Å². The van der Waals surface area contributed by atoms with Gasteiger partial charge in [-0.05, 0) is 0 Å². The van der Waals surface area contributed by atoms with Crippen LogP contribution in [-0.4, -0.2) is 12.6 Å². The number of carbonyl (C=O) groups excluding carboxylic acids is 1. The second-order valence-electron chi connectivity index (χ2n) is 1.38. The average Bonchev–Trinajstić information content (AvgIpc) is 1.69. The molecule has 0 fully saturated rings. The second kappa shape index (κ2) is 5.38. The van der Waals surface area contributed by atoms with Gasteiger partial charge in [-0.2, -0.15) is 9.79 Å². The summed E-state index contributed by atoms with van der Waals surface area (Å²) in [6.45, 7) is 2.84. The number of hydrogen-bond donors (Lipinski definition) is 1. The molecule has 0 aromatic rings. The van der Waals surface area contributed by atoms with Crippen LogP contribution >= 0.6 is 0 Å². The SMILES string of the molecule is CCCC[NH+]=C=O. The molecule has 0 aromatic heterocycles. The first-order valence-corrected chi connectivity index (χ1v) is 2.51. The molecule has 0 spiro atoms. The molecule has 0 aromatic carbocycles. The maximum atomic E-state index is 9.44. The maximum Gasteiger partial charge on any atom is 0.422 e. The van der Waals surface area contributed by atoms with E-state index in [4.69, 9.17) is 0 Å². The zero-order chi connectivity index (χ0) is 5.54. The van der Waals surface area contributed by atoms with Crippen molar-refractivity contribution in [2.24, 2.45) is 0 Å². The molecule has 0 unspecified atom stereocenters. The molecule has 0 radical (unpaired) electrons. The Morgan fingerprint density at radius 1 is 1.71 bits per heavy atom. The van der Waals surface area contributed by atoms with Crippen molar-refractivity contribution in [2.45, 2.75) is 19.8 Å². The van der Waals surface area contributed by atoms with Gasteiger partial charge in [0.2, 0.25) is 0 Å². The van der Waals surface area contributed by atoms with E-state index in [9.17, 15) is 4.79 Å². The highest BCUT2D eigenvalue weighted by molar-refractivity contribution is 5.22. The fourth-order valence-corrected chi connectivity index (χ4v) is 0.316. The summed E-state index contributed by atoms with van der Waals surface area (Å²) in [5.74, 6) is 0. The smallest absolute Gasteiger partial charge is 0.166 e. The zero-order valence-corrected chi connectivity index (χ0v) is 4.53. The van der Waals surface area contributed by atoms with Crippen molar-refractivity contribution >= 4 is 6.08 Å². The van der Waals surface area contributed by atoms with Crippen LogP contribution in [0.2, 0.25) is 0 Å². The molecule has 2 nitrogen and oxygen atoms in total. The summed E-state index contributed by atoms with van der Waals surface area (Å²) < 4.78 is 0. The summed E-state index contributed by atoms with van der Waals surface area (Å²) in [6.07, 6.45) is 3.77. The fourth-order valence-electron chi connectivity index (χ4n) is 0.316. The van der Waals surface area contributed by atoms with Crippen LogP contribution < -0.4 is 4.99 Å². The Balaban J connectivity index is 2.83. The van der Waals surface area contributed by atoms with Gasteiger partial charge in [0.05, 0.1) is 0 Å². The van der Waals surface area contributed by atoms with E-state index < -0.39 is 0 Å². The molecule has 2 heteroatoms.